The highest BCUT2D eigenvalue weighted by atomic mass is 32.2. The number of carboxylic acids is 1. The molecule has 0 atom stereocenters. The molecule has 0 aromatic heterocycles. The number of carboxylic acid groups (broad SMARTS) is 1. The van der Waals surface area contributed by atoms with Gasteiger partial charge in [-0.1, -0.05) is 12.1 Å². The molecular formula is C19H20N2O7S. The van der Waals surface area contributed by atoms with E-state index >= 15 is 0 Å². The second-order valence-electron chi connectivity index (χ2n) is 5.66. The third-order valence-corrected chi connectivity index (χ3v) is 5.19. The van der Waals surface area contributed by atoms with Crippen LogP contribution in [0.15, 0.2) is 47.4 Å². The summed E-state index contributed by atoms with van der Waals surface area (Å²) in [6, 6.07) is 8.78. The second kappa shape index (κ2) is 9.11. The molecule has 0 bridgehead atoms. The van der Waals surface area contributed by atoms with Gasteiger partial charge in [0.25, 0.3) is 15.9 Å². The summed E-state index contributed by atoms with van der Waals surface area (Å²) < 4.78 is 38.9. The maximum Gasteiger partial charge on any atom is 0.328 e. The summed E-state index contributed by atoms with van der Waals surface area (Å²) in [5.41, 5.74) is 0.468. The third-order valence-electron chi connectivity index (χ3n) is 3.82. The highest BCUT2D eigenvalue weighted by Crippen LogP contribution is 2.37. The Balaban J connectivity index is 2.61. The first-order chi connectivity index (χ1) is 13.7. The molecule has 9 nitrogen and oxygen atoms in total. The molecule has 1 amide bonds. The topological polar surface area (TPSA) is 131 Å². The number of hydrogen-bond donors (Lipinski definition) is 3. The van der Waals surface area contributed by atoms with Crippen LogP contribution in [0.2, 0.25) is 0 Å². The molecule has 0 fully saturated rings. The van der Waals surface area contributed by atoms with E-state index in [0.29, 0.717) is 0 Å². The fourth-order valence-corrected chi connectivity index (χ4v) is 3.81. The molecule has 0 aliphatic carbocycles. The van der Waals surface area contributed by atoms with Crippen LogP contribution in [0.1, 0.15) is 15.9 Å². The van der Waals surface area contributed by atoms with Gasteiger partial charge in [0, 0.05) is 13.1 Å². The standard InChI is InChI=1S/C19H20N2O7S/c1-20-19(24)13-6-4-5-7-14(13)21-29(25,26)16-11-12(8-9-17(22)23)10-15(27-2)18(16)28-3/h4-11,21H,1-3H3,(H,20,24)(H,22,23)/b9-8+. The van der Waals surface area contributed by atoms with Crippen molar-refractivity contribution in [3.8, 4) is 11.5 Å². The highest BCUT2D eigenvalue weighted by Gasteiger charge is 2.25. The van der Waals surface area contributed by atoms with Crippen molar-refractivity contribution in [3.63, 3.8) is 0 Å². The zero-order valence-electron chi connectivity index (χ0n) is 15.9. The minimum absolute atomic E-state index is 0.0649. The van der Waals surface area contributed by atoms with Crippen molar-refractivity contribution >= 4 is 33.7 Å². The van der Waals surface area contributed by atoms with E-state index in [9.17, 15) is 18.0 Å². The third kappa shape index (κ3) is 5.05. The summed E-state index contributed by atoms with van der Waals surface area (Å²) in [6.45, 7) is 0. The van der Waals surface area contributed by atoms with Crippen LogP contribution < -0.4 is 19.5 Å². The lowest BCUT2D eigenvalue weighted by Crippen LogP contribution is -2.22. The van der Waals surface area contributed by atoms with Gasteiger partial charge in [-0.25, -0.2) is 13.2 Å². The van der Waals surface area contributed by atoms with Crippen LogP contribution in [0.25, 0.3) is 6.08 Å². The van der Waals surface area contributed by atoms with Crippen molar-refractivity contribution in [1.29, 1.82) is 0 Å². The summed E-state index contributed by atoms with van der Waals surface area (Å²) >= 11 is 0. The van der Waals surface area contributed by atoms with Gasteiger partial charge < -0.3 is 19.9 Å². The predicted octanol–water partition coefficient (Wildman–Crippen LogP) is 1.96. The van der Waals surface area contributed by atoms with Gasteiger partial charge in [0.15, 0.2) is 11.5 Å². The molecule has 154 valence electrons. The van der Waals surface area contributed by atoms with Crippen molar-refractivity contribution in [2.45, 2.75) is 4.90 Å². The smallest absolute Gasteiger partial charge is 0.328 e. The van der Waals surface area contributed by atoms with Crippen LogP contribution in [0.3, 0.4) is 0 Å². The normalized spacial score (nSPS) is 11.1. The molecule has 0 saturated heterocycles. The minimum Gasteiger partial charge on any atom is -0.493 e. The van der Waals surface area contributed by atoms with E-state index in [-0.39, 0.29) is 33.2 Å². The number of carbonyl (C=O) groups is 2. The van der Waals surface area contributed by atoms with E-state index in [1.807, 2.05) is 0 Å². The Morgan fingerprint density at radius 2 is 1.79 bits per heavy atom. The molecule has 0 spiro atoms. The first kappa shape index (κ1) is 21.8. The monoisotopic (exact) mass is 420 g/mol. The molecule has 29 heavy (non-hydrogen) atoms. The van der Waals surface area contributed by atoms with Gasteiger partial charge in [-0.2, -0.15) is 0 Å². The number of methoxy groups -OCH3 is 2. The number of amides is 1. The quantitative estimate of drug-likeness (QED) is 0.556. The average Bonchev–Trinajstić information content (AvgIpc) is 2.70. The van der Waals surface area contributed by atoms with Gasteiger partial charge in [-0.15, -0.1) is 0 Å². The summed E-state index contributed by atoms with van der Waals surface area (Å²) in [7, 11) is -0.193. The Bertz CT molecular complexity index is 1060. The number of nitrogens with one attached hydrogen (secondary N) is 2. The van der Waals surface area contributed by atoms with Gasteiger partial charge in [0.1, 0.15) is 4.90 Å². The molecule has 3 N–H and O–H groups in total. The first-order valence-corrected chi connectivity index (χ1v) is 9.72. The number of benzene rings is 2. The van der Waals surface area contributed by atoms with E-state index in [4.69, 9.17) is 14.6 Å². The van der Waals surface area contributed by atoms with Gasteiger partial charge in [-0.05, 0) is 35.9 Å². The SMILES string of the molecule is CNC(=O)c1ccccc1NS(=O)(=O)c1cc(/C=C/C(=O)O)cc(OC)c1OC. The van der Waals surface area contributed by atoms with Crippen LogP contribution >= 0.6 is 0 Å². The lowest BCUT2D eigenvalue weighted by molar-refractivity contribution is -0.131. The van der Waals surface area contributed by atoms with Gasteiger partial charge in [-0.3, -0.25) is 9.52 Å². The lowest BCUT2D eigenvalue weighted by Gasteiger charge is -2.16. The number of carbonyl (C=O) groups excluding carboxylic acids is 1. The zero-order chi connectivity index (χ0) is 21.6. The van der Waals surface area contributed by atoms with Crippen LogP contribution in [-0.4, -0.2) is 46.7 Å². The van der Waals surface area contributed by atoms with Crippen LogP contribution in [0.4, 0.5) is 5.69 Å². The van der Waals surface area contributed by atoms with E-state index < -0.39 is 21.9 Å². The highest BCUT2D eigenvalue weighted by molar-refractivity contribution is 7.92. The van der Waals surface area contributed by atoms with Crippen molar-refractivity contribution in [2.75, 3.05) is 26.0 Å². The summed E-state index contributed by atoms with van der Waals surface area (Å²) in [5, 5.41) is 11.3. The number of aliphatic carboxylic acids is 1. The zero-order valence-corrected chi connectivity index (χ0v) is 16.7. The number of rotatable bonds is 8. The maximum atomic E-state index is 13.1. The molecule has 2 aromatic carbocycles. The molecule has 0 aliphatic heterocycles. The Morgan fingerprint density at radius 1 is 1.10 bits per heavy atom. The van der Waals surface area contributed by atoms with E-state index in [1.165, 1.54) is 51.6 Å². The number of anilines is 1. The Labute approximate surface area is 168 Å². The second-order valence-corrected chi connectivity index (χ2v) is 7.31. The molecule has 0 heterocycles. The lowest BCUT2D eigenvalue weighted by atomic mass is 10.2. The number of para-hydroxylation sites is 1. The van der Waals surface area contributed by atoms with Crippen molar-refractivity contribution in [2.24, 2.45) is 0 Å². The van der Waals surface area contributed by atoms with Crippen molar-refractivity contribution < 1.29 is 32.6 Å². The molecule has 0 radical (unpaired) electrons. The summed E-state index contributed by atoms with van der Waals surface area (Å²) in [4.78, 5) is 22.5. The average molecular weight is 420 g/mol. The Hall–Kier alpha value is -3.53. The molecule has 10 heteroatoms. The van der Waals surface area contributed by atoms with E-state index in [2.05, 4.69) is 10.0 Å². The number of sulfonamides is 1. The van der Waals surface area contributed by atoms with Crippen LogP contribution in [0.5, 0.6) is 11.5 Å². The van der Waals surface area contributed by atoms with E-state index in [1.54, 1.807) is 12.1 Å². The molecule has 0 aliphatic rings. The maximum absolute atomic E-state index is 13.1. The predicted molar refractivity (Wildman–Crippen MR) is 107 cm³/mol. The Morgan fingerprint density at radius 3 is 2.38 bits per heavy atom. The molecule has 2 rings (SSSR count). The van der Waals surface area contributed by atoms with E-state index in [0.717, 1.165) is 6.08 Å². The minimum atomic E-state index is -4.23. The summed E-state index contributed by atoms with van der Waals surface area (Å²) in [6.07, 6.45) is 2.09. The van der Waals surface area contributed by atoms with Gasteiger partial charge in [0.05, 0.1) is 25.5 Å². The molecule has 0 saturated carbocycles. The molecular weight excluding hydrogens is 400 g/mol. The van der Waals surface area contributed by atoms with Crippen LogP contribution in [0, 0.1) is 0 Å². The number of ether oxygens (including phenoxy) is 2. The first-order valence-electron chi connectivity index (χ1n) is 8.24. The fraction of sp³-hybridized carbons (Fsp3) is 0.158. The van der Waals surface area contributed by atoms with Gasteiger partial charge >= 0.3 is 5.97 Å². The van der Waals surface area contributed by atoms with Crippen molar-refractivity contribution in [3.05, 3.63) is 53.6 Å². The van der Waals surface area contributed by atoms with Crippen LogP contribution in [-0.2, 0) is 14.8 Å². The molecule has 2 aromatic rings. The molecule has 0 unspecified atom stereocenters. The summed E-state index contributed by atoms with van der Waals surface area (Å²) in [5.74, 6) is -1.63. The van der Waals surface area contributed by atoms with Gasteiger partial charge in [0.2, 0.25) is 0 Å². The fourth-order valence-electron chi connectivity index (χ4n) is 2.52. The number of hydrogen-bond acceptors (Lipinski definition) is 6. The Kier molecular flexibility index (Phi) is 6.84. The van der Waals surface area contributed by atoms with Crippen molar-refractivity contribution in [1.82, 2.24) is 5.32 Å². The largest absolute Gasteiger partial charge is 0.493 e.